The first-order valence-corrected chi connectivity index (χ1v) is 5.86. The summed E-state index contributed by atoms with van der Waals surface area (Å²) in [5.74, 6) is 0.361. The maximum Gasteiger partial charge on any atom is 0.242 e. The van der Waals surface area contributed by atoms with Crippen LogP contribution in [0.15, 0.2) is 30.6 Å². The molecule has 0 unspecified atom stereocenters. The SMILES string of the molecule is CCOc1ncnc(N(C)c2ccccc2F)c1N. The largest absolute Gasteiger partial charge is 0.476 e. The Morgan fingerprint density at radius 2 is 2.05 bits per heavy atom. The number of anilines is 3. The number of nitrogens with two attached hydrogens (primary N) is 1. The standard InChI is InChI=1S/C13H15FN4O/c1-3-19-13-11(15)12(16-8-17-13)18(2)10-7-5-4-6-9(10)14/h4-8H,3,15H2,1-2H3. The second-order valence-corrected chi connectivity index (χ2v) is 3.86. The molecule has 2 aromatic rings. The van der Waals surface area contributed by atoms with E-state index in [1.807, 2.05) is 6.92 Å². The van der Waals surface area contributed by atoms with Crippen LogP contribution in [-0.4, -0.2) is 23.6 Å². The third-order valence-electron chi connectivity index (χ3n) is 2.64. The zero-order chi connectivity index (χ0) is 13.8. The lowest BCUT2D eigenvalue weighted by molar-refractivity contribution is 0.328. The summed E-state index contributed by atoms with van der Waals surface area (Å²) in [6.07, 6.45) is 1.34. The molecule has 0 fully saturated rings. The van der Waals surface area contributed by atoms with Gasteiger partial charge < -0.3 is 15.4 Å². The molecule has 2 rings (SSSR count). The lowest BCUT2D eigenvalue weighted by atomic mass is 10.2. The third kappa shape index (κ3) is 2.57. The van der Waals surface area contributed by atoms with Crippen LogP contribution in [0.25, 0.3) is 0 Å². The number of rotatable bonds is 4. The quantitative estimate of drug-likeness (QED) is 0.916. The van der Waals surface area contributed by atoms with E-state index in [0.717, 1.165) is 0 Å². The van der Waals surface area contributed by atoms with Gasteiger partial charge in [-0.3, -0.25) is 0 Å². The van der Waals surface area contributed by atoms with Crippen molar-refractivity contribution in [3.05, 3.63) is 36.4 Å². The van der Waals surface area contributed by atoms with Gasteiger partial charge >= 0.3 is 0 Å². The lowest BCUT2D eigenvalue weighted by Gasteiger charge is -2.21. The molecule has 0 saturated carbocycles. The van der Waals surface area contributed by atoms with E-state index in [-0.39, 0.29) is 11.5 Å². The predicted octanol–water partition coefficient (Wildman–Crippen LogP) is 2.36. The number of aromatic nitrogens is 2. The van der Waals surface area contributed by atoms with E-state index in [1.54, 1.807) is 30.1 Å². The van der Waals surface area contributed by atoms with E-state index >= 15 is 0 Å². The van der Waals surface area contributed by atoms with Crippen LogP contribution in [0.5, 0.6) is 5.88 Å². The van der Waals surface area contributed by atoms with Crippen LogP contribution in [0.1, 0.15) is 6.92 Å². The molecular formula is C13H15FN4O. The predicted molar refractivity (Wildman–Crippen MR) is 72.1 cm³/mol. The van der Waals surface area contributed by atoms with Gasteiger partial charge in [0.15, 0.2) is 5.82 Å². The zero-order valence-electron chi connectivity index (χ0n) is 10.8. The van der Waals surface area contributed by atoms with Gasteiger partial charge in [0.2, 0.25) is 5.88 Å². The summed E-state index contributed by atoms with van der Waals surface area (Å²) >= 11 is 0. The Hall–Kier alpha value is -2.37. The average molecular weight is 262 g/mol. The van der Waals surface area contributed by atoms with Crippen molar-refractivity contribution in [1.82, 2.24) is 9.97 Å². The molecule has 19 heavy (non-hydrogen) atoms. The van der Waals surface area contributed by atoms with Crippen LogP contribution < -0.4 is 15.4 Å². The molecular weight excluding hydrogens is 247 g/mol. The summed E-state index contributed by atoms with van der Waals surface area (Å²) in [4.78, 5) is 9.59. The molecule has 0 amide bonds. The van der Waals surface area contributed by atoms with E-state index in [2.05, 4.69) is 9.97 Å². The summed E-state index contributed by atoms with van der Waals surface area (Å²) in [5, 5.41) is 0. The first-order chi connectivity index (χ1) is 9.15. The van der Waals surface area contributed by atoms with Gasteiger partial charge in [-0.2, -0.15) is 4.98 Å². The van der Waals surface area contributed by atoms with Crippen LogP contribution in [0.2, 0.25) is 0 Å². The summed E-state index contributed by atoms with van der Waals surface area (Å²) in [6, 6.07) is 6.40. The molecule has 1 heterocycles. The van der Waals surface area contributed by atoms with Crippen LogP contribution in [-0.2, 0) is 0 Å². The van der Waals surface area contributed by atoms with Crippen molar-refractivity contribution in [2.75, 3.05) is 24.3 Å². The molecule has 0 aliphatic rings. The molecule has 0 radical (unpaired) electrons. The highest BCUT2D eigenvalue weighted by atomic mass is 19.1. The first kappa shape index (κ1) is 13.1. The zero-order valence-corrected chi connectivity index (χ0v) is 10.8. The monoisotopic (exact) mass is 262 g/mol. The van der Waals surface area contributed by atoms with Gasteiger partial charge in [-0.25, -0.2) is 9.37 Å². The van der Waals surface area contributed by atoms with Crippen LogP contribution in [0.4, 0.5) is 21.6 Å². The molecule has 0 atom stereocenters. The number of hydrogen-bond donors (Lipinski definition) is 1. The van der Waals surface area contributed by atoms with E-state index in [9.17, 15) is 4.39 Å². The summed E-state index contributed by atoms with van der Waals surface area (Å²) in [5.41, 5.74) is 6.62. The minimum atomic E-state index is -0.346. The van der Waals surface area contributed by atoms with E-state index in [0.29, 0.717) is 24.0 Å². The van der Waals surface area contributed by atoms with Crippen LogP contribution in [0, 0.1) is 5.82 Å². The summed E-state index contributed by atoms with van der Waals surface area (Å²) < 4.78 is 19.0. The average Bonchev–Trinajstić information content (AvgIpc) is 2.41. The fraction of sp³-hybridized carbons (Fsp3) is 0.231. The Morgan fingerprint density at radius 1 is 1.32 bits per heavy atom. The summed E-state index contributed by atoms with van der Waals surface area (Å²) in [7, 11) is 1.69. The molecule has 1 aromatic heterocycles. The first-order valence-electron chi connectivity index (χ1n) is 5.86. The van der Waals surface area contributed by atoms with Crippen LogP contribution in [0.3, 0.4) is 0 Å². The van der Waals surface area contributed by atoms with E-state index < -0.39 is 0 Å². The molecule has 0 saturated heterocycles. The Balaban J connectivity index is 2.42. The molecule has 0 aliphatic heterocycles. The Bertz CT molecular complexity index is 576. The maximum absolute atomic E-state index is 13.7. The van der Waals surface area contributed by atoms with E-state index in [1.165, 1.54) is 12.4 Å². The molecule has 0 aliphatic carbocycles. The Kier molecular flexibility index (Phi) is 3.79. The Labute approximate surface area is 110 Å². The van der Waals surface area contributed by atoms with Crippen LogP contribution >= 0.6 is 0 Å². The molecule has 100 valence electrons. The van der Waals surface area contributed by atoms with Crippen molar-refractivity contribution in [1.29, 1.82) is 0 Å². The van der Waals surface area contributed by atoms with Gasteiger partial charge in [-0.15, -0.1) is 0 Å². The van der Waals surface area contributed by atoms with Gasteiger partial charge in [0, 0.05) is 7.05 Å². The number of para-hydroxylation sites is 1. The second-order valence-electron chi connectivity index (χ2n) is 3.86. The van der Waals surface area contributed by atoms with Gasteiger partial charge in [0.05, 0.1) is 12.3 Å². The van der Waals surface area contributed by atoms with Gasteiger partial charge in [0.25, 0.3) is 0 Å². The van der Waals surface area contributed by atoms with Crippen molar-refractivity contribution >= 4 is 17.2 Å². The number of nitrogen functional groups attached to an aromatic ring is 1. The van der Waals surface area contributed by atoms with Crippen molar-refractivity contribution < 1.29 is 9.13 Å². The third-order valence-corrected chi connectivity index (χ3v) is 2.64. The molecule has 6 heteroatoms. The highest BCUT2D eigenvalue weighted by molar-refractivity contribution is 5.73. The fourth-order valence-electron chi connectivity index (χ4n) is 1.73. The number of ether oxygens (including phenoxy) is 1. The van der Waals surface area contributed by atoms with Gasteiger partial charge in [0.1, 0.15) is 17.8 Å². The number of benzene rings is 1. The Morgan fingerprint density at radius 3 is 2.74 bits per heavy atom. The fourth-order valence-corrected chi connectivity index (χ4v) is 1.73. The topological polar surface area (TPSA) is 64.3 Å². The molecule has 5 nitrogen and oxygen atoms in total. The lowest BCUT2D eigenvalue weighted by Crippen LogP contribution is -2.16. The van der Waals surface area contributed by atoms with Crippen molar-refractivity contribution in [3.63, 3.8) is 0 Å². The highest BCUT2D eigenvalue weighted by Crippen LogP contribution is 2.32. The maximum atomic E-state index is 13.7. The number of halogens is 1. The summed E-state index contributed by atoms with van der Waals surface area (Å²) in [6.45, 7) is 2.28. The van der Waals surface area contributed by atoms with Gasteiger partial charge in [-0.05, 0) is 19.1 Å². The second kappa shape index (κ2) is 5.51. The van der Waals surface area contributed by atoms with Gasteiger partial charge in [-0.1, -0.05) is 12.1 Å². The smallest absolute Gasteiger partial charge is 0.242 e. The molecule has 0 spiro atoms. The minimum Gasteiger partial charge on any atom is -0.476 e. The highest BCUT2D eigenvalue weighted by Gasteiger charge is 2.16. The molecule has 2 N–H and O–H groups in total. The number of hydrogen-bond acceptors (Lipinski definition) is 5. The minimum absolute atomic E-state index is 0.287. The van der Waals surface area contributed by atoms with E-state index in [4.69, 9.17) is 10.5 Å². The normalized spacial score (nSPS) is 10.3. The van der Waals surface area contributed by atoms with Crippen molar-refractivity contribution in [3.8, 4) is 5.88 Å². The van der Waals surface area contributed by atoms with Crippen molar-refractivity contribution in [2.24, 2.45) is 0 Å². The molecule has 1 aromatic carbocycles. The van der Waals surface area contributed by atoms with Crippen molar-refractivity contribution in [2.45, 2.75) is 6.92 Å². The number of nitrogens with zero attached hydrogens (tertiary/aromatic N) is 3. The molecule has 0 bridgehead atoms.